The van der Waals surface area contributed by atoms with Gasteiger partial charge in [0.15, 0.2) is 5.96 Å². The SMILES string of the molecule is CCNC(=NCc1ccc(N2CCSCC2)cc1)NCCCn1nc(C)cc1C. The van der Waals surface area contributed by atoms with Crippen LogP contribution in [0.4, 0.5) is 5.69 Å². The summed E-state index contributed by atoms with van der Waals surface area (Å²) in [4.78, 5) is 7.22. The van der Waals surface area contributed by atoms with Crippen LogP contribution >= 0.6 is 11.8 Å². The molecule has 0 atom stereocenters. The van der Waals surface area contributed by atoms with Gasteiger partial charge in [-0.3, -0.25) is 4.68 Å². The number of aliphatic imine (C=N–C) groups is 1. The smallest absolute Gasteiger partial charge is 0.191 e. The Labute approximate surface area is 179 Å². The highest BCUT2D eigenvalue weighted by molar-refractivity contribution is 7.99. The first kappa shape index (κ1) is 21.6. The third-order valence-electron chi connectivity index (χ3n) is 5.02. The van der Waals surface area contributed by atoms with Gasteiger partial charge in [-0.2, -0.15) is 16.9 Å². The van der Waals surface area contributed by atoms with Crippen LogP contribution in [-0.2, 0) is 13.1 Å². The van der Waals surface area contributed by atoms with Crippen LogP contribution in [0.5, 0.6) is 0 Å². The number of rotatable bonds is 8. The van der Waals surface area contributed by atoms with Crippen molar-refractivity contribution in [3.05, 3.63) is 47.3 Å². The Morgan fingerprint density at radius 1 is 1.14 bits per heavy atom. The van der Waals surface area contributed by atoms with Gasteiger partial charge in [0.1, 0.15) is 0 Å². The Hall–Kier alpha value is -2.15. The normalized spacial score (nSPS) is 14.9. The third-order valence-corrected chi connectivity index (χ3v) is 5.96. The van der Waals surface area contributed by atoms with E-state index in [1.807, 2.05) is 18.7 Å². The summed E-state index contributed by atoms with van der Waals surface area (Å²) in [6, 6.07) is 11.0. The van der Waals surface area contributed by atoms with E-state index in [1.165, 1.54) is 28.5 Å². The molecule has 0 saturated carbocycles. The molecular formula is C22H34N6S. The lowest BCUT2D eigenvalue weighted by Crippen LogP contribution is -2.38. The van der Waals surface area contributed by atoms with Crippen molar-refractivity contribution >= 4 is 23.4 Å². The van der Waals surface area contributed by atoms with Crippen LogP contribution in [0.3, 0.4) is 0 Å². The van der Waals surface area contributed by atoms with Gasteiger partial charge in [0.25, 0.3) is 0 Å². The summed E-state index contributed by atoms with van der Waals surface area (Å²) < 4.78 is 2.07. The van der Waals surface area contributed by atoms with Crippen LogP contribution in [0, 0.1) is 13.8 Å². The number of anilines is 1. The highest BCUT2D eigenvalue weighted by Gasteiger charge is 2.10. The number of thioether (sulfide) groups is 1. The predicted molar refractivity (Wildman–Crippen MR) is 125 cm³/mol. The summed E-state index contributed by atoms with van der Waals surface area (Å²) >= 11 is 2.04. The number of hydrogen-bond acceptors (Lipinski definition) is 4. The van der Waals surface area contributed by atoms with Crippen LogP contribution in [0.25, 0.3) is 0 Å². The van der Waals surface area contributed by atoms with Crippen molar-refractivity contribution < 1.29 is 0 Å². The molecule has 2 N–H and O–H groups in total. The standard InChI is InChI=1S/C22H34N6S/c1-4-23-22(24-10-5-11-28-19(3)16-18(2)26-28)25-17-20-6-8-21(9-7-20)27-12-14-29-15-13-27/h6-9,16H,4-5,10-15,17H2,1-3H3,(H2,23,24,25). The first-order chi connectivity index (χ1) is 14.2. The van der Waals surface area contributed by atoms with Crippen molar-refractivity contribution in [3.63, 3.8) is 0 Å². The van der Waals surface area contributed by atoms with Gasteiger partial charge in [-0.1, -0.05) is 12.1 Å². The van der Waals surface area contributed by atoms with Crippen molar-refractivity contribution in [1.29, 1.82) is 0 Å². The molecular weight excluding hydrogens is 380 g/mol. The van der Waals surface area contributed by atoms with Gasteiger partial charge in [-0.05, 0) is 51.0 Å². The maximum absolute atomic E-state index is 4.75. The first-order valence-electron chi connectivity index (χ1n) is 10.6. The van der Waals surface area contributed by atoms with E-state index in [2.05, 4.69) is 69.5 Å². The predicted octanol–water partition coefficient (Wildman–Crippen LogP) is 3.20. The van der Waals surface area contributed by atoms with E-state index >= 15 is 0 Å². The lowest BCUT2D eigenvalue weighted by molar-refractivity contribution is 0.555. The van der Waals surface area contributed by atoms with E-state index in [0.29, 0.717) is 6.54 Å². The lowest BCUT2D eigenvalue weighted by Gasteiger charge is -2.28. The van der Waals surface area contributed by atoms with Crippen LogP contribution < -0.4 is 15.5 Å². The molecule has 2 aromatic rings. The Morgan fingerprint density at radius 3 is 2.55 bits per heavy atom. The van der Waals surface area contributed by atoms with Gasteiger partial charge in [-0.15, -0.1) is 0 Å². The molecule has 1 saturated heterocycles. The molecule has 2 heterocycles. The Bertz CT molecular complexity index is 777. The fraction of sp³-hybridized carbons (Fsp3) is 0.545. The monoisotopic (exact) mass is 414 g/mol. The molecule has 3 rings (SSSR count). The molecule has 0 unspecified atom stereocenters. The molecule has 7 heteroatoms. The maximum Gasteiger partial charge on any atom is 0.191 e. The van der Waals surface area contributed by atoms with E-state index in [1.54, 1.807) is 0 Å². The fourth-order valence-corrected chi connectivity index (χ4v) is 4.39. The number of nitrogens with zero attached hydrogens (tertiary/aromatic N) is 4. The Balaban J connectivity index is 1.47. The van der Waals surface area contributed by atoms with Gasteiger partial charge in [0.2, 0.25) is 0 Å². The van der Waals surface area contributed by atoms with Crippen molar-refractivity contribution in [2.24, 2.45) is 4.99 Å². The molecule has 1 fully saturated rings. The number of hydrogen-bond donors (Lipinski definition) is 2. The molecule has 29 heavy (non-hydrogen) atoms. The topological polar surface area (TPSA) is 57.5 Å². The molecule has 1 aliphatic heterocycles. The van der Waals surface area contributed by atoms with Crippen LogP contribution in [0.15, 0.2) is 35.3 Å². The number of guanidine groups is 1. The second kappa shape index (κ2) is 11.1. The molecule has 1 aromatic heterocycles. The van der Waals surface area contributed by atoms with E-state index < -0.39 is 0 Å². The molecule has 0 radical (unpaired) electrons. The minimum atomic E-state index is 0.683. The van der Waals surface area contributed by atoms with E-state index in [4.69, 9.17) is 4.99 Å². The van der Waals surface area contributed by atoms with Crippen LogP contribution in [0.2, 0.25) is 0 Å². The first-order valence-corrected chi connectivity index (χ1v) is 11.8. The summed E-state index contributed by atoms with van der Waals surface area (Å²) in [5, 5.41) is 11.3. The minimum absolute atomic E-state index is 0.683. The van der Waals surface area contributed by atoms with E-state index in [0.717, 1.165) is 50.8 Å². The summed E-state index contributed by atoms with van der Waals surface area (Å²) in [5.74, 6) is 3.32. The Kier molecular flexibility index (Phi) is 8.28. The molecule has 0 aliphatic carbocycles. The van der Waals surface area contributed by atoms with Crippen molar-refractivity contribution in [3.8, 4) is 0 Å². The summed E-state index contributed by atoms with van der Waals surface area (Å²) in [5.41, 5.74) is 4.86. The third kappa shape index (κ3) is 6.70. The van der Waals surface area contributed by atoms with Gasteiger partial charge in [-0.25, -0.2) is 4.99 Å². The van der Waals surface area contributed by atoms with Crippen LogP contribution in [-0.4, -0.2) is 53.4 Å². The van der Waals surface area contributed by atoms with Gasteiger partial charge in [0.05, 0.1) is 12.2 Å². The highest BCUT2D eigenvalue weighted by atomic mass is 32.2. The lowest BCUT2D eigenvalue weighted by atomic mass is 10.2. The Morgan fingerprint density at radius 2 is 1.90 bits per heavy atom. The van der Waals surface area contributed by atoms with Crippen molar-refractivity contribution in [1.82, 2.24) is 20.4 Å². The van der Waals surface area contributed by atoms with Crippen molar-refractivity contribution in [2.75, 3.05) is 42.6 Å². The summed E-state index contributed by atoms with van der Waals surface area (Å²) in [7, 11) is 0. The summed E-state index contributed by atoms with van der Waals surface area (Å²) in [6.07, 6.45) is 1.01. The highest BCUT2D eigenvalue weighted by Crippen LogP contribution is 2.20. The molecule has 158 valence electrons. The van der Waals surface area contributed by atoms with Gasteiger partial charge in [0, 0.05) is 55.6 Å². The fourth-order valence-electron chi connectivity index (χ4n) is 3.48. The molecule has 1 aromatic carbocycles. The summed E-state index contributed by atoms with van der Waals surface area (Å²) in [6.45, 7) is 11.9. The zero-order chi connectivity index (χ0) is 20.5. The number of nitrogens with one attached hydrogen (secondary N) is 2. The largest absolute Gasteiger partial charge is 0.370 e. The number of aromatic nitrogens is 2. The molecule has 6 nitrogen and oxygen atoms in total. The average Bonchev–Trinajstić information content (AvgIpc) is 3.07. The molecule has 1 aliphatic rings. The zero-order valence-corrected chi connectivity index (χ0v) is 18.8. The van der Waals surface area contributed by atoms with Gasteiger partial charge < -0.3 is 15.5 Å². The van der Waals surface area contributed by atoms with E-state index in [9.17, 15) is 0 Å². The van der Waals surface area contributed by atoms with Crippen molar-refractivity contribution in [2.45, 2.75) is 40.3 Å². The second-order valence-electron chi connectivity index (χ2n) is 7.39. The number of aryl methyl sites for hydroxylation is 3. The van der Waals surface area contributed by atoms with Gasteiger partial charge >= 0.3 is 0 Å². The average molecular weight is 415 g/mol. The molecule has 0 amide bonds. The van der Waals surface area contributed by atoms with Crippen LogP contribution in [0.1, 0.15) is 30.3 Å². The molecule has 0 bridgehead atoms. The van der Waals surface area contributed by atoms with E-state index in [-0.39, 0.29) is 0 Å². The molecule has 0 spiro atoms. The number of benzene rings is 1. The minimum Gasteiger partial charge on any atom is -0.370 e. The maximum atomic E-state index is 4.75. The second-order valence-corrected chi connectivity index (χ2v) is 8.62. The zero-order valence-electron chi connectivity index (χ0n) is 17.9. The quantitative estimate of drug-likeness (QED) is 0.395.